The Hall–Kier alpha value is -3.52. The number of fused-ring (bicyclic) bond motifs is 8. The van der Waals surface area contributed by atoms with Gasteiger partial charge in [0.2, 0.25) is 11.8 Å². The molecule has 8 heteroatoms. The van der Waals surface area contributed by atoms with Gasteiger partial charge in [-0.25, -0.2) is 4.98 Å². The number of nitro groups is 1. The zero-order valence-corrected chi connectivity index (χ0v) is 18.3. The van der Waals surface area contributed by atoms with Crippen molar-refractivity contribution in [2.75, 3.05) is 30.7 Å². The summed E-state index contributed by atoms with van der Waals surface area (Å²) < 4.78 is 0. The topological polar surface area (TPSA) is 110 Å². The first kappa shape index (κ1) is 20.1. The Kier molecular flexibility index (Phi) is 4.58. The number of aromatic nitrogens is 2. The van der Waals surface area contributed by atoms with Crippen LogP contribution in [0.1, 0.15) is 47.4 Å². The van der Waals surface area contributed by atoms with E-state index in [1.165, 1.54) is 34.9 Å². The van der Waals surface area contributed by atoms with Gasteiger partial charge >= 0.3 is 5.69 Å². The first-order valence-corrected chi connectivity index (χ1v) is 11.5. The maximum absolute atomic E-state index is 10.9. The van der Waals surface area contributed by atoms with Crippen LogP contribution in [0.15, 0.2) is 54.7 Å². The lowest BCUT2D eigenvalue weighted by atomic mass is 9.74. The molecule has 3 aliphatic rings. The molecule has 1 aliphatic heterocycles. The van der Waals surface area contributed by atoms with Crippen LogP contribution < -0.4 is 11.1 Å². The summed E-state index contributed by atoms with van der Waals surface area (Å²) in [6, 6.07) is 18.2. The molecule has 1 saturated heterocycles. The summed E-state index contributed by atoms with van der Waals surface area (Å²) in [5, 5.41) is 14.2. The molecular weight excluding hydrogens is 416 g/mol. The molecule has 0 spiro atoms. The summed E-state index contributed by atoms with van der Waals surface area (Å²) >= 11 is 0. The van der Waals surface area contributed by atoms with Crippen molar-refractivity contribution in [1.29, 1.82) is 0 Å². The maximum Gasteiger partial charge on any atom is 0.329 e. The molecule has 2 aromatic carbocycles. The second kappa shape index (κ2) is 7.52. The molecule has 33 heavy (non-hydrogen) atoms. The molecule has 3 N–H and O–H groups in total. The molecule has 2 bridgehead atoms. The van der Waals surface area contributed by atoms with Crippen molar-refractivity contribution in [3.8, 4) is 0 Å². The molecule has 0 radical (unpaired) electrons. The summed E-state index contributed by atoms with van der Waals surface area (Å²) in [4.78, 5) is 21.1. The van der Waals surface area contributed by atoms with E-state index in [4.69, 9.17) is 5.73 Å². The molecule has 1 aromatic heterocycles. The third-order valence-corrected chi connectivity index (χ3v) is 7.67. The first-order chi connectivity index (χ1) is 16.0. The monoisotopic (exact) mass is 442 g/mol. The van der Waals surface area contributed by atoms with Gasteiger partial charge in [-0.1, -0.05) is 48.5 Å². The van der Waals surface area contributed by atoms with E-state index in [0.717, 1.165) is 32.5 Å². The van der Waals surface area contributed by atoms with Crippen molar-refractivity contribution in [3.63, 3.8) is 0 Å². The normalized spacial score (nSPS) is 23.8. The minimum atomic E-state index is -0.566. The van der Waals surface area contributed by atoms with Gasteiger partial charge in [-0.05, 0) is 41.5 Å². The van der Waals surface area contributed by atoms with Crippen molar-refractivity contribution in [3.05, 3.63) is 87.1 Å². The van der Waals surface area contributed by atoms with Gasteiger partial charge in [0.05, 0.1) is 4.92 Å². The van der Waals surface area contributed by atoms with Crippen molar-refractivity contribution in [1.82, 2.24) is 14.9 Å². The number of benzene rings is 2. The first-order valence-electron chi connectivity index (χ1n) is 11.5. The lowest BCUT2D eigenvalue weighted by Crippen LogP contribution is -2.46. The third kappa shape index (κ3) is 3.16. The molecule has 0 atom stereocenters. The largest absolute Gasteiger partial charge is 0.378 e. The molecule has 0 amide bonds. The van der Waals surface area contributed by atoms with Crippen molar-refractivity contribution >= 4 is 17.5 Å². The van der Waals surface area contributed by atoms with Gasteiger partial charge in [-0.3, -0.25) is 10.1 Å². The standard InChI is InChI=1S/C25H26N6O2/c26-23-22(31(32)33)14-27-24(29-23)28-16-9-11-30(12-10-16)15-25-13-19(17-5-1-3-7-20(17)25)18-6-2-4-8-21(18)25/h1-8,14,16,19H,9-13,15H2,(H3,26,27,28,29). The minimum Gasteiger partial charge on any atom is -0.378 e. The van der Waals surface area contributed by atoms with E-state index in [0.29, 0.717) is 11.9 Å². The van der Waals surface area contributed by atoms with Gasteiger partial charge in [0.15, 0.2) is 0 Å². The SMILES string of the molecule is Nc1nc(NC2CCN(CC34CC(c5ccccc53)c3ccccc34)CC2)ncc1[N+](=O)[O-]. The molecule has 6 rings (SSSR count). The number of hydrogen-bond donors (Lipinski definition) is 2. The fourth-order valence-electron chi connectivity index (χ4n) is 6.21. The second-order valence-corrected chi connectivity index (χ2v) is 9.43. The number of likely N-dealkylation sites (tertiary alicyclic amines) is 1. The maximum atomic E-state index is 10.9. The van der Waals surface area contributed by atoms with Crippen LogP contribution in [0.25, 0.3) is 0 Å². The van der Waals surface area contributed by atoms with Crippen LogP contribution in [0.4, 0.5) is 17.5 Å². The van der Waals surface area contributed by atoms with Crippen LogP contribution in [0.2, 0.25) is 0 Å². The van der Waals surface area contributed by atoms with Crippen LogP contribution >= 0.6 is 0 Å². The summed E-state index contributed by atoms with van der Waals surface area (Å²) in [7, 11) is 0. The number of anilines is 2. The molecule has 2 heterocycles. The van der Waals surface area contributed by atoms with Crippen molar-refractivity contribution in [2.45, 2.75) is 36.6 Å². The Labute approximate surface area is 192 Å². The van der Waals surface area contributed by atoms with E-state index in [-0.39, 0.29) is 23.0 Å². The predicted octanol–water partition coefficient (Wildman–Crippen LogP) is 3.68. The minimum absolute atomic E-state index is 0.0774. The van der Waals surface area contributed by atoms with Crippen LogP contribution in [0.5, 0.6) is 0 Å². The van der Waals surface area contributed by atoms with E-state index in [1.54, 1.807) is 0 Å². The highest BCUT2D eigenvalue weighted by atomic mass is 16.6. The van der Waals surface area contributed by atoms with Crippen LogP contribution in [0.3, 0.4) is 0 Å². The molecule has 0 unspecified atom stereocenters. The van der Waals surface area contributed by atoms with Crippen molar-refractivity contribution in [2.24, 2.45) is 0 Å². The number of piperidine rings is 1. The number of nitrogens with two attached hydrogens (primary N) is 1. The smallest absolute Gasteiger partial charge is 0.329 e. The predicted molar refractivity (Wildman–Crippen MR) is 126 cm³/mol. The molecule has 0 saturated carbocycles. The fraction of sp³-hybridized carbons (Fsp3) is 0.360. The molecule has 168 valence electrons. The fourth-order valence-corrected chi connectivity index (χ4v) is 6.21. The Morgan fingerprint density at radius 3 is 2.33 bits per heavy atom. The number of nitrogens with one attached hydrogen (secondary N) is 1. The Balaban J connectivity index is 1.17. The number of rotatable bonds is 5. The summed E-state index contributed by atoms with van der Waals surface area (Å²) in [5.74, 6) is 0.761. The highest BCUT2D eigenvalue weighted by molar-refractivity contribution is 5.63. The zero-order chi connectivity index (χ0) is 22.6. The van der Waals surface area contributed by atoms with Gasteiger partial charge in [-0.15, -0.1) is 0 Å². The summed E-state index contributed by atoms with van der Waals surface area (Å²) in [6.45, 7) is 3.00. The molecule has 2 aliphatic carbocycles. The number of nitrogens with zero attached hydrogens (tertiary/aromatic N) is 4. The third-order valence-electron chi connectivity index (χ3n) is 7.67. The molecular formula is C25H26N6O2. The van der Waals surface area contributed by atoms with Gasteiger partial charge in [0.25, 0.3) is 0 Å². The lowest BCUT2D eigenvalue weighted by molar-refractivity contribution is -0.384. The van der Waals surface area contributed by atoms with Gasteiger partial charge in [0.1, 0.15) is 6.20 Å². The van der Waals surface area contributed by atoms with E-state index >= 15 is 0 Å². The van der Waals surface area contributed by atoms with Crippen LogP contribution in [-0.2, 0) is 5.41 Å². The average molecular weight is 443 g/mol. The Morgan fingerprint density at radius 1 is 1.09 bits per heavy atom. The molecule has 1 fully saturated rings. The van der Waals surface area contributed by atoms with Crippen LogP contribution in [0, 0.1) is 10.1 Å². The van der Waals surface area contributed by atoms with Gasteiger partial charge in [-0.2, -0.15) is 4.98 Å². The quantitative estimate of drug-likeness (QED) is 0.458. The number of hydrogen-bond acceptors (Lipinski definition) is 7. The zero-order valence-electron chi connectivity index (χ0n) is 18.3. The van der Waals surface area contributed by atoms with E-state index < -0.39 is 4.92 Å². The van der Waals surface area contributed by atoms with E-state index in [9.17, 15) is 10.1 Å². The highest BCUT2D eigenvalue weighted by Gasteiger charge is 2.53. The molecule has 8 nitrogen and oxygen atoms in total. The average Bonchev–Trinajstić information content (AvgIpc) is 3.33. The van der Waals surface area contributed by atoms with Gasteiger partial charge in [0, 0.05) is 37.0 Å². The van der Waals surface area contributed by atoms with Crippen molar-refractivity contribution < 1.29 is 4.92 Å². The van der Waals surface area contributed by atoms with Gasteiger partial charge < -0.3 is 16.0 Å². The second-order valence-electron chi connectivity index (χ2n) is 9.43. The lowest BCUT2D eigenvalue weighted by Gasteiger charge is -2.40. The summed E-state index contributed by atoms with van der Waals surface area (Å²) in [5.41, 5.74) is 11.5. The number of nitrogen functional groups attached to an aromatic ring is 1. The van der Waals surface area contributed by atoms with E-state index in [1.807, 2.05) is 0 Å². The summed E-state index contributed by atoms with van der Waals surface area (Å²) in [6.07, 6.45) is 4.26. The van der Waals surface area contributed by atoms with Crippen LogP contribution in [-0.4, -0.2) is 45.5 Å². The Bertz CT molecular complexity index is 1190. The Morgan fingerprint density at radius 2 is 1.73 bits per heavy atom. The highest BCUT2D eigenvalue weighted by Crippen LogP contribution is 2.60. The molecule has 3 aromatic rings. The van der Waals surface area contributed by atoms with E-state index in [2.05, 4.69) is 68.7 Å².